The van der Waals surface area contributed by atoms with Gasteiger partial charge in [-0.05, 0) is 36.5 Å². The summed E-state index contributed by atoms with van der Waals surface area (Å²) >= 11 is 0. The van der Waals surface area contributed by atoms with E-state index >= 15 is 0 Å². The summed E-state index contributed by atoms with van der Waals surface area (Å²) in [6.45, 7) is 6.89. The van der Waals surface area contributed by atoms with Crippen LogP contribution < -0.4 is 11.1 Å². The van der Waals surface area contributed by atoms with E-state index in [4.69, 9.17) is 5.73 Å². The maximum absolute atomic E-state index is 12.1. The quantitative estimate of drug-likeness (QED) is 0.773. The molecule has 0 aliphatic heterocycles. The molecule has 116 valence electrons. The molecule has 0 unspecified atom stereocenters. The van der Waals surface area contributed by atoms with E-state index < -0.39 is 0 Å². The zero-order valence-electron chi connectivity index (χ0n) is 13.1. The van der Waals surface area contributed by atoms with E-state index in [1.54, 1.807) is 0 Å². The number of nitrogens with two attached hydrogens (primary N) is 1. The summed E-state index contributed by atoms with van der Waals surface area (Å²) in [5.74, 6) is 0.730. The van der Waals surface area contributed by atoms with Gasteiger partial charge >= 0.3 is 0 Å². The third kappa shape index (κ3) is 5.48. The lowest BCUT2D eigenvalue weighted by Gasteiger charge is -2.23. The molecule has 1 fully saturated rings. The number of nitrogens with zero attached hydrogens (tertiary/aromatic N) is 1. The molecule has 0 aromatic heterocycles. The summed E-state index contributed by atoms with van der Waals surface area (Å²) in [5.41, 5.74) is 7.49. The standard InChI is InChI=1S/C17H27N3O/c1-13(2)12-20(16-6-7-16)9-8-17(21)19-15-5-3-4-14(10-15)11-18/h3-5,10,13,16H,6-9,11-12,18H2,1-2H3,(H,19,21). The Balaban J connectivity index is 1.80. The second kappa shape index (κ2) is 7.57. The van der Waals surface area contributed by atoms with Gasteiger partial charge in [0.25, 0.3) is 0 Å². The molecule has 0 spiro atoms. The SMILES string of the molecule is CC(C)CN(CCC(=O)Nc1cccc(CN)c1)C1CC1. The van der Waals surface area contributed by atoms with Gasteiger partial charge in [0.05, 0.1) is 0 Å². The van der Waals surface area contributed by atoms with Crippen molar-refractivity contribution >= 4 is 11.6 Å². The molecule has 4 nitrogen and oxygen atoms in total. The Bertz CT molecular complexity index is 469. The van der Waals surface area contributed by atoms with Crippen LogP contribution in [0.4, 0.5) is 5.69 Å². The normalized spacial score (nSPS) is 14.7. The highest BCUT2D eigenvalue weighted by molar-refractivity contribution is 5.90. The average Bonchev–Trinajstić information content (AvgIpc) is 3.28. The molecule has 0 radical (unpaired) electrons. The van der Waals surface area contributed by atoms with Crippen LogP contribution in [-0.4, -0.2) is 29.9 Å². The number of hydrogen-bond donors (Lipinski definition) is 2. The molecule has 1 aromatic carbocycles. The minimum Gasteiger partial charge on any atom is -0.326 e. The van der Waals surface area contributed by atoms with Crippen LogP contribution in [0.15, 0.2) is 24.3 Å². The average molecular weight is 289 g/mol. The topological polar surface area (TPSA) is 58.4 Å². The first-order chi connectivity index (χ1) is 10.1. The van der Waals surface area contributed by atoms with Gasteiger partial charge in [0.1, 0.15) is 0 Å². The number of amides is 1. The second-order valence-electron chi connectivity index (χ2n) is 6.32. The highest BCUT2D eigenvalue weighted by Gasteiger charge is 2.29. The smallest absolute Gasteiger partial charge is 0.225 e. The van der Waals surface area contributed by atoms with E-state index in [1.807, 2.05) is 24.3 Å². The lowest BCUT2D eigenvalue weighted by molar-refractivity contribution is -0.116. The van der Waals surface area contributed by atoms with Gasteiger partial charge < -0.3 is 11.1 Å². The molecular formula is C17H27N3O. The first-order valence-corrected chi connectivity index (χ1v) is 7.91. The Morgan fingerprint density at radius 3 is 2.81 bits per heavy atom. The summed E-state index contributed by atoms with van der Waals surface area (Å²) in [4.78, 5) is 14.5. The van der Waals surface area contributed by atoms with Crippen LogP contribution in [-0.2, 0) is 11.3 Å². The second-order valence-corrected chi connectivity index (χ2v) is 6.32. The fraction of sp³-hybridized carbons (Fsp3) is 0.588. The molecule has 1 aromatic rings. The van der Waals surface area contributed by atoms with E-state index in [2.05, 4.69) is 24.1 Å². The molecule has 0 heterocycles. The first-order valence-electron chi connectivity index (χ1n) is 7.91. The molecule has 3 N–H and O–H groups in total. The molecule has 2 rings (SSSR count). The number of carbonyl (C=O) groups is 1. The van der Waals surface area contributed by atoms with Crippen molar-refractivity contribution in [2.24, 2.45) is 11.7 Å². The summed E-state index contributed by atoms with van der Waals surface area (Å²) < 4.78 is 0. The van der Waals surface area contributed by atoms with Gasteiger partial charge in [0, 0.05) is 37.8 Å². The summed E-state index contributed by atoms with van der Waals surface area (Å²) in [6, 6.07) is 8.44. The van der Waals surface area contributed by atoms with Crippen molar-refractivity contribution in [1.82, 2.24) is 4.90 Å². The lowest BCUT2D eigenvalue weighted by Crippen LogP contribution is -2.33. The lowest BCUT2D eigenvalue weighted by atomic mass is 10.2. The third-order valence-electron chi connectivity index (χ3n) is 3.74. The van der Waals surface area contributed by atoms with Gasteiger partial charge in [0.15, 0.2) is 0 Å². The van der Waals surface area contributed by atoms with E-state index in [0.29, 0.717) is 24.9 Å². The van der Waals surface area contributed by atoms with Crippen LogP contribution in [0.3, 0.4) is 0 Å². The van der Waals surface area contributed by atoms with Crippen LogP contribution in [0.2, 0.25) is 0 Å². The summed E-state index contributed by atoms with van der Waals surface area (Å²) in [7, 11) is 0. The van der Waals surface area contributed by atoms with Crippen molar-refractivity contribution < 1.29 is 4.79 Å². The Hall–Kier alpha value is -1.39. The van der Waals surface area contributed by atoms with Gasteiger partial charge in [-0.25, -0.2) is 0 Å². The van der Waals surface area contributed by atoms with E-state index in [0.717, 1.165) is 24.3 Å². The van der Waals surface area contributed by atoms with E-state index in [9.17, 15) is 4.79 Å². The molecule has 1 aliphatic carbocycles. The van der Waals surface area contributed by atoms with Gasteiger partial charge in [-0.3, -0.25) is 9.69 Å². The number of carbonyl (C=O) groups excluding carboxylic acids is 1. The Morgan fingerprint density at radius 2 is 2.19 bits per heavy atom. The van der Waals surface area contributed by atoms with Crippen molar-refractivity contribution in [3.8, 4) is 0 Å². The molecule has 0 saturated heterocycles. The first kappa shape index (κ1) is 16.0. The van der Waals surface area contributed by atoms with Crippen LogP contribution in [0.25, 0.3) is 0 Å². The summed E-state index contributed by atoms with van der Waals surface area (Å²) in [5, 5.41) is 2.96. The predicted molar refractivity (Wildman–Crippen MR) is 87.0 cm³/mol. The van der Waals surface area contributed by atoms with E-state index in [-0.39, 0.29) is 5.91 Å². The maximum atomic E-state index is 12.1. The molecule has 0 atom stereocenters. The van der Waals surface area contributed by atoms with Crippen LogP contribution in [0.5, 0.6) is 0 Å². The number of rotatable bonds is 8. The van der Waals surface area contributed by atoms with Crippen molar-refractivity contribution in [3.63, 3.8) is 0 Å². The highest BCUT2D eigenvalue weighted by atomic mass is 16.1. The van der Waals surface area contributed by atoms with E-state index in [1.165, 1.54) is 12.8 Å². The largest absolute Gasteiger partial charge is 0.326 e. The van der Waals surface area contributed by atoms with Crippen LogP contribution in [0.1, 0.15) is 38.7 Å². The zero-order chi connectivity index (χ0) is 15.2. The predicted octanol–water partition coefficient (Wildman–Crippen LogP) is 2.59. The molecular weight excluding hydrogens is 262 g/mol. The number of anilines is 1. The summed E-state index contributed by atoms with van der Waals surface area (Å²) in [6.07, 6.45) is 3.12. The van der Waals surface area contributed by atoms with Crippen molar-refractivity contribution in [1.29, 1.82) is 0 Å². The van der Waals surface area contributed by atoms with Crippen molar-refractivity contribution in [2.75, 3.05) is 18.4 Å². The monoisotopic (exact) mass is 289 g/mol. The van der Waals surface area contributed by atoms with Crippen molar-refractivity contribution in [3.05, 3.63) is 29.8 Å². The van der Waals surface area contributed by atoms with Gasteiger partial charge in [-0.1, -0.05) is 26.0 Å². The zero-order valence-corrected chi connectivity index (χ0v) is 13.1. The third-order valence-corrected chi connectivity index (χ3v) is 3.74. The highest BCUT2D eigenvalue weighted by Crippen LogP contribution is 2.27. The number of nitrogens with one attached hydrogen (secondary N) is 1. The van der Waals surface area contributed by atoms with Crippen LogP contribution >= 0.6 is 0 Å². The molecule has 1 saturated carbocycles. The molecule has 1 aliphatic rings. The minimum atomic E-state index is 0.0820. The van der Waals surface area contributed by atoms with Crippen molar-refractivity contribution in [2.45, 2.75) is 45.7 Å². The molecule has 0 bridgehead atoms. The molecule has 1 amide bonds. The molecule has 21 heavy (non-hydrogen) atoms. The van der Waals surface area contributed by atoms with Gasteiger partial charge in [0.2, 0.25) is 5.91 Å². The fourth-order valence-electron chi connectivity index (χ4n) is 2.58. The minimum absolute atomic E-state index is 0.0820. The Labute approximate surface area is 127 Å². The van der Waals surface area contributed by atoms with Gasteiger partial charge in [-0.15, -0.1) is 0 Å². The van der Waals surface area contributed by atoms with Crippen LogP contribution in [0, 0.1) is 5.92 Å². The fourth-order valence-corrected chi connectivity index (χ4v) is 2.58. The Kier molecular flexibility index (Phi) is 5.76. The Morgan fingerprint density at radius 1 is 1.43 bits per heavy atom. The van der Waals surface area contributed by atoms with Gasteiger partial charge in [-0.2, -0.15) is 0 Å². The number of benzene rings is 1. The molecule has 4 heteroatoms. The maximum Gasteiger partial charge on any atom is 0.225 e. The number of hydrogen-bond acceptors (Lipinski definition) is 3.